The molecule has 2 aromatic rings. The molecular weight excluding hydrogens is 374 g/mol. The molecule has 1 aliphatic heterocycles. The molecule has 3 nitrogen and oxygen atoms in total. The second-order valence-electron chi connectivity index (χ2n) is 4.93. The van der Waals surface area contributed by atoms with Crippen molar-refractivity contribution in [3.05, 3.63) is 63.1 Å². The van der Waals surface area contributed by atoms with Crippen molar-refractivity contribution >= 4 is 37.6 Å². The Morgan fingerprint density at radius 2 is 1.81 bits per heavy atom. The highest BCUT2D eigenvalue weighted by molar-refractivity contribution is 9.10. The zero-order valence-electron chi connectivity index (χ0n) is 11.1. The number of rotatable bonds is 2. The van der Waals surface area contributed by atoms with Crippen LogP contribution in [0, 0.1) is 0 Å². The molecule has 6 heteroatoms. The minimum atomic E-state index is -3.57. The van der Waals surface area contributed by atoms with Crippen LogP contribution in [0.25, 0.3) is 0 Å². The molecule has 1 aliphatic rings. The van der Waals surface area contributed by atoms with Gasteiger partial charge in [0, 0.05) is 17.6 Å². The minimum absolute atomic E-state index is 0.159. The summed E-state index contributed by atoms with van der Waals surface area (Å²) in [6.07, 6.45) is 0.726. The topological polar surface area (TPSA) is 37.4 Å². The van der Waals surface area contributed by atoms with Crippen molar-refractivity contribution in [1.82, 2.24) is 4.31 Å². The summed E-state index contributed by atoms with van der Waals surface area (Å²) in [6, 6.07) is 12.8. The highest BCUT2D eigenvalue weighted by Crippen LogP contribution is 2.30. The van der Waals surface area contributed by atoms with Crippen molar-refractivity contribution in [2.75, 3.05) is 6.54 Å². The van der Waals surface area contributed by atoms with Gasteiger partial charge < -0.3 is 0 Å². The van der Waals surface area contributed by atoms with E-state index in [9.17, 15) is 8.42 Å². The van der Waals surface area contributed by atoms with Crippen LogP contribution in [0.4, 0.5) is 0 Å². The Morgan fingerprint density at radius 1 is 1.10 bits per heavy atom. The normalized spacial score (nSPS) is 15.7. The van der Waals surface area contributed by atoms with Gasteiger partial charge in [-0.15, -0.1) is 0 Å². The third-order valence-corrected chi connectivity index (χ3v) is 6.43. The fourth-order valence-corrected chi connectivity index (χ4v) is 4.93. The Balaban J connectivity index is 1.97. The van der Waals surface area contributed by atoms with Crippen molar-refractivity contribution in [3.8, 4) is 0 Å². The molecule has 1 heterocycles. The van der Waals surface area contributed by atoms with E-state index in [0.29, 0.717) is 13.1 Å². The van der Waals surface area contributed by atoms with Crippen molar-refractivity contribution in [1.29, 1.82) is 0 Å². The molecule has 3 rings (SSSR count). The van der Waals surface area contributed by atoms with Gasteiger partial charge in [0.15, 0.2) is 0 Å². The quantitative estimate of drug-likeness (QED) is 0.786. The lowest BCUT2D eigenvalue weighted by Crippen LogP contribution is -2.36. The number of fused-ring (bicyclic) bond motifs is 1. The SMILES string of the molecule is O=S(=O)(c1ccc(Br)cc1Cl)N1CCc2ccccc2C1. The fraction of sp³-hybridized carbons (Fsp3) is 0.200. The molecule has 0 aromatic heterocycles. The molecule has 0 atom stereocenters. The van der Waals surface area contributed by atoms with Crippen LogP contribution in [0.1, 0.15) is 11.1 Å². The Bertz CT molecular complexity index is 792. The van der Waals surface area contributed by atoms with E-state index in [4.69, 9.17) is 11.6 Å². The van der Waals surface area contributed by atoms with Crippen LogP contribution in [0.15, 0.2) is 51.8 Å². The summed E-state index contributed by atoms with van der Waals surface area (Å²) < 4.78 is 27.8. The molecule has 0 fully saturated rings. The first-order valence-electron chi connectivity index (χ1n) is 6.50. The van der Waals surface area contributed by atoms with Crippen LogP contribution in [0.2, 0.25) is 5.02 Å². The van der Waals surface area contributed by atoms with Crippen molar-refractivity contribution in [2.45, 2.75) is 17.9 Å². The predicted molar refractivity (Wildman–Crippen MR) is 86.9 cm³/mol. The van der Waals surface area contributed by atoms with E-state index in [1.807, 2.05) is 24.3 Å². The second kappa shape index (κ2) is 5.72. The van der Waals surface area contributed by atoms with Crippen LogP contribution in [0.3, 0.4) is 0 Å². The van der Waals surface area contributed by atoms with Crippen molar-refractivity contribution in [2.24, 2.45) is 0 Å². The number of sulfonamides is 1. The van der Waals surface area contributed by atoms with E-state index < -0.39 is 10.0 Å². The molecule has 0 N–H and O–H groups in total. The fourth-order valence-electron chi connectivity index (χ4n) is 2.50. The number of halogens is 2. The molecule has 0 unspecified atom stereocenters. The smallest absolute Gasteiger partial charge is 0.207 e. The van der Waals surface area contributed by atoms with E-state index >= 15 is 0 Å². The van der Waals surface area contributed by atoms with Gasteiger partial charge in [-0.1, -0.05) is 51.8 Å². The molecule has 0 saturated carbocycles. The van der Waals surface area contributed by atoms with Gasteiger partial charge >= 0.3 is 0 Å². The van der Waals surface area contributed by atoms with Gasteiger partial charge in [0.05, 0.1) is 5.02 Å². The first-order valence-corrected chi connectivity index (χ1v) is 9.11. The van der Waals surface area contributed by atoms with E-state index in [1.54, 1.807) is 18.2 Å². The van der Waals surface area contributed by atoms with Crippen LogP contribution in [-0.2, 0) is 23.0 Å². The average Bonchev–Trinajstić information content (AvgIpc) is 2.46. The summed E-state index contributed by atoms with van der Waals surface area (Å²) in [5.74, 6) is 0. The van der Waals surface area contributed by atoms with E-state index in [2.05, 4.69) is 15.9 Å². The summed E-state index contributed by atoms with van der Waals surface area (Å²) in [5, 5.41) is 0.239. The van der Waals surface area contributed by atoms with Gasteiger partial charge in [-0.3, -0.25) is 0 Å². The summed E-state index contributed by atoms with van der Waals surface area (Å²) in [6.45, 7) is 0.872. The number of hydrogen-bond acceptors (Lipinski definition) is 2. The van der Waals surface area contributed by atoms with Crippen LogP contribution in [-0.4, -0.2) is 19.3 Å². The molecule has 110 valence electrons. The molecule has 2 aromatic carbocycles. The molecule has 0 amide bonds. The maximum Gasteiger partial charge on any atom is 0.244 e. The van der Waals surface area contributed by atoms with Crippen molar-refractivity contribution < 1.29 is 8.42 Å². The Hall–Kier alpha value is -0.880. The molecular formula is C15H13BrClNO2S. The summed E-state index contributed by atoms with van der Waals surface area (Å²) in [5.41, 5.74) is 2.27. The lowest BCUT2D eigenvalue weighted by Gasteiger charge is -2.28. The molecule has 21 heavy (non-hydrogen) atoms. The predicted octanol–water partition coefficient (Wildman–Crippen LogP) is 3.85. The van der Waals surface area contributed by atoms with Gasteiger partial charge in [0.1, 0.15) is 4.90 Å². The lowest BCUT2D eigenvalue weighted by atomic mass is 10.0. The largest absolute Gasteiger partial charge is 0.244 e. The van der Waals surface area contributed by atoms with Gasteiger partial charge in [0.25, 0.3) is 0 Å². The number of hydrogen-bond donors (Lipinski definition) is 0. The van der Waals surface area contributed by atoms with E-state index in [0.717, 1.165) is 16.5 Å². The molecule has 0 saturated heterocycles. The third-order valence-electron chi connectivity index (χ3n) is 3.61. The minimum Gasteiger partial charge on any atom is -0.207 e. The number of benzene rings is 2. The molecule has 0 radical (unpaired) electrons. The monoisotopic (exact) mass is 385 g/mol. The van der Waals surface area contributed by atoms with Crippen molar-refractivity contribution in [3.63, 3.8) is 0 Å². The van der Waals surface area contributed by atoms with E-state index in [-0.39, 0.29) is 9.92 Å². The Morgan fingerprint density at radius 3 is 2.52 bits per heavy atom. The average molecular weight is 387 g/mol. The van der Waals surface area contributed by atoms with Gasteiger partial charge in [-0.2, -0.15) is 4.31 Å². The molecule has 0 aliphatic carbocycles. The van der Waals surface area contributed by atoms with Gasteiger partial charge in [0.2, 0.25) is 10.0 Å². The molecule has 0 bridgehead atoms. The highest BCUT2D eigenvalue weighted by atomic mass is 79.9. The highest BCUT2D eigenvalue weighted by Gasteiger charge is 2.29. The number of nitrogens with zero attached hydrogens (tertiary/aromatic N) is 1. The maximum atomic E-state index is 12.8. The van der Waals surface area contributed by atoms with E-state index in [1.165, 1.54) is 9.87 Å². The second-order valence-corrected chi connectivity index (χ2v) is 8.16. The first-order chi connectivity index (χ1) is 9.98. The third kappa shape index (κ3) is 2.88. The zero-order chi connectivity index (χ0) is 15.0. The van der Waals surface area contributed by atoms with Gasteiger partial charge in [-0.05, 0) is 35.7 Å². The Labute approximate surface area is 137 Å². The zero-order valence-corrected chi connectivity index (χ0v) is 14.2. The summed E-state index contributed by atoms with van der Waals surface area (Å²) in [7, 11) is -3.57. The van der Waals surface area contributed by atoms with Crippen LogP contribution in [0.5, 0.6) is 0 Å². The maximum absolute atomic E-state index is 12.8. The van der Waals surface area contributed by atoms with Crippen LogP contribution >= 0.6 is 27.5 Å². The summed E-state index contributed by atoms with van der Waals surface area (Å²) in [4.78, 5) is 0.159. The Kier molecular flexibility index (Phi) is 4.10. The standard InChI is InChI=1S/C15H13BrClNO2S/c16-13-5-6-15(14(17)9-13)21(19,20)18-8-7-11-3-1-2-4-12(11)10-18/h1-6,9H,7-8,10H2. The van der Waals surface area contributed by atoms with Gasteiger partial charge in [-0.25, -0.2) is 8.42 Å². The summed E-state index contributed by atoms with van der Waals surface area (Å²) >= 11 is 9.39. The lowest BCUT2D eigenvalue weighted by molar-refractivity contribution is 0.391. The van der Waals surface area contributed by atoms with Crippen LogP contribution < -0.4 is 0 Å². The first kappa shape index (κ1) is 15.0. The molecule has 0 spiro atoms.